The molecule has 4 aliphatic rings. The Kier molecular flexibility index (Phi) is 6.17. The maximum atomic E-state index is 12.6. The number of nitrogens with zero attached hydrogens (tertiary/aromatic N) is 3. The van der Waals surface area contributed by atoms with Crippen molar-refractivity contribution < 1.29 is 9.59 Å². The summed E-state index contributed by atoms with van der Waals surface area (Å²) in [6.45, 7) is 6.16. The smallest absolute Gasteiger partial charge is 0.234 e. The van der Waals surface area contributed by atoms with Crippen LogP contribution in [0.3, 0.4) is 0 Å². The van der Waals surface area contributed by atoms with Crippen molar-refractivity contribution >= 4 is 17.5 Å². The lowest BCUT2D eigenvalue weighted by atomic mass is 9.76. The molecule has 3 saturated heterocycles. The predicted octanol–water partition coefficient (Wildman–Crippen LogP) is 2.28. The Labute approximate surface area is 185 Å². The van der Waals surface area contributed by atoms with E-state index in [4.69, 9.17) is 0 Å². The first kappa shape index (κ1) is 20.8. The van der Waals surface area contributed by atoms with E-state index in [0.717, 1.165) is 65.0 Å². The second-order valence-electron chi connectivity index (χ2n) is 9.98. The zero-order valence-corrected chi connectivity index (χ0v) is 18.6. The van der Waals surface area contributed by atoms with Gasteiger partial charge in [0.2, 0.25) is 11.8 Å². The molecule has 0 aliphatic carbocycles. The van der Waals surface area contributed by atoms with Gasteiger partial charge < -0.3 is 15.1 Å². The maximum Gasteiger partial charge on any atom is 0.234 e. The third-order valence-electron chi connectivity index (χ3n) is 7.76. The molecule has 4 aliphatic heterocycles. The minimum absolute atomic E-state index is 0.149. The average Bonchev–Trinajstić information content (AvgIpc) is 2.77. The molecule has 3 fully saturated rings. The Balaban J connectivity index is 1.06. The van der Waals surface area contributed by atoms with Crippen LogP contribution in [0.1, 0.15) is 44.1 Å². The number of amides is 2. The van der Waals surface area contributed by atoms with Gasteiger partial charge in [-0.15, -0.1) is 0 Å². The molecular formula is C25H36N4O2. The van der Waals surface area contributed by atoms with Crippen LogP contribution >= 0.6 is 0 Å². The predicted molar refractivity (Wildman–Crippen MR) is 122 cm³/mol. The first-order valence-electron chi connectivity index (χ1n) is 12.3. The summed E-state index contributed by atoms with van der Waals surface area (Å²) in [6.07, 6.45) is 7.49. The van der Waals surface area contributed by atoms with Crippen LogP contribution in [0.5, 0.6) is 0 Å². The van der Waals surface area contributed by atoms with E-state index < -0.39 is 0 Å². The molecule has 2 unspecified atom stereocenters. The summed E-state index contributed by atoms with van der Waals surface area (Å²) in [5.74, 6) is 1.58. The van der Waals surface area contributed by atoms with E-state index in [1.165, 1.54) is 30.5 Å². The molecule has 1 N–H and O–H groups in total. The van der Waals surface area contributed by atoms with Gasteiger partial charge in [0.25, 0.3) is 0 Å². The lowest BCUT2D eigenvalue weighted by Crippen LogP contribution is -2.61. The molecule has 6 heteroatoms. The molecular weight excluding hydrogens is 388 g/mol. The third-order valence-corrected chi connectivity index (χ3v) is 7.76. The second kappa shape index (κ2) is 9.19. The highest BCUT2D eigenvalue weighted by atomic mass is 16.2. The summed E-state index contributed by atoms with van der Waals surface area (Å²) in [6, 6.07) is 9.12. The Morgan fingerprint density at radius 2 is 2.00 bits per heavy atom. The number of para-hydroxylation sites is 1. The van der Waals surface area contributed by atoms with Gasteiger partial charge in [-0.3, -0.25) is 14.5 Å². The van der Waals surface area contributed by atoms with Crippen molar-refractivity contribution in [2.75, 3.05) is 50.7 Å². The second-order valence-corrected chi connectivity index (χ2v) is 9.98. The molecule has 1 aromatic rings. The minimum Gasteiger partial charge on any atom is -0.371 e. The molecule has 6 nitrogen and oxygen atoms in total. The van der Waals surface area contributed by atoms with Crippen LogP contribution in [-0.2, 0) is 16.0 Å². The van der Waals surface area contributed by atoms with Crippen molar-refractivity contribution in [2.24, 2.45) is 11.8 Å². The largest absolute Gasteiger partial charge is 0.371 e. The highest BCUT2D eigenvalue weighted by Gasteiger charge is 2.44. The number of rotatable bonds is 6. The number of hydrogen-bond donors (Lipinski definition) is 1. The molecule has 5 rings (SSSR count). The highest BCUT2D eigenvalue weighted by molar-refractivity contribution is 5.78. The van der Waals surface area contributed by atoms with E-state index in [1.807, 2.05) is 0 Å². The quantitative estimate of drug-likeness (QED) is 0.712. The van der Waals surface area contributed by atoms with E-state index in [9.17, 15) is 9.59 Å². The van der Waals surface area contributed by atoms with Crippen LogP contribution in [0, 0.1) is 11.8 Å². The van der Waals surface area contributed by atoms with E-state index >= 15 is 0 Å². The van der Waals surface area contributed by atoms with Gasteiger partial charge in [0.1, 0.15) is 0 Å². The van der Waals surface area contributed by atoms with Crippen molar-refractivity contribution in [3.63, 3.8) is 0 Å². The number of nitrogens with one attached hydrogen (secondary N) is 1. The first-order chi connectivity index (χ1) is 15.2. The van der Waals surface area contributed by atoms with Gasteiger partial charge in [-0.05, 0) is 62.0 Å². The normalized spacial score (nSPS) is 28.1. The van der Waals surface area contributed by atoms with Crippen molar-refractivity contribution in [1.82, 2.24) is 15.1 Å². The molecule has 31 heavy (non-hydrogen) atoms. The highest BCUT2D eigenvalue weighted by Crippen LogP contribution is 2.37. The molecule has 168 valence electrons. The Hall–Kier alpha value is -2.08. The number of anilines is 1. The third kappa shape index (κ3) is 4.59. The van der Waals surface area contributed by atoms with Gasteiger partial charge in [-0.2, -0.15) is 0 Å². The molecule has 2 amide bonds. The maximum absolute atomic E-state index is 12.6. The number of carbonyl (C=O) groups is 2. The molecule has 3 atom stereocenters. The standard InChI is InChI=1S/C25H36N4O2/c30-24(26-11-5-13-28-12-4-7-20-6-1-2-8-22(20)28)18-27-15-19-14-21(17-27)23-9-3-10-25(31)29(23)16-19/h1-2,6,8,19,21,23H,3-5,7,9-18H2,(H,26,30)/t19?,21?,23-/m1/s1. The zero-order chi connectivity index (χ0) is 21.2. The van der Waals surface area contributed by atoms with Gasteiger partial charge in [-0.1, -0.05) is 18.2 Å². The summed E-state index contributed by atoms with van der Waals surface area (Å²) >= 11 is 0. The van der Waals surface area contributed by atoms with E-state index in [2.05, 4.69) is 44.3 Å². The zero-order valence-electron chi connectivity index (χ0n) is 18.6. The monoisotopic (exact) mass is 424 g/mol. The Bertz CT molecular complexity index is 812. The van der Waals surface area contributed by atoms with E-state index in [0.29, 0.717) is 30.3 Å². The van der Waals surface area contributed by atoms with E-state index in [-0.39, 0.29) is 5.91 Å². The van der Waals surface area contributed by atoms with Crippen LogP contribution in [0.25, 0.3) is 0 Å². The van der Waals surface area contributed by atoms with Gasteiger partial charge >= 0.3 is 0 Å². The number of hydrogen-bond acceptors (Lipinski definition) is 4. The van der Waals surface area contributed by atoms with Gasteiger partial charge in [-0.25, -0.2) is 0 Å². The van der Waals surface area contributed by atoms with Crippen LogP contribution in [0.4, 0.5) is 5.69 Å². The topological polar surface area (TPSA) is 55.9 Å². The van der Waals surface area contributed by atoms with Crippen LogP contribution in [0.15, 0.2) is 24.3 Å². The number of piperidine rings is 3. The van der Waals surface area contributed by atoms with Crippen molar-refractivity contribution in [1.29, 1.82) is 0 Å². The van der Waals surface area contributed by atoms with Gasteiger partial charge in [0.15, 0.2) is 0 Å². The lowest BCUT2D eigenvalue weighted by molar-refractivity contribution is -0.145. The molecule has 4 heterocycles. The van der Waals surface area contributed by atoms with Crippen molar-refractivity contribution in [3.05, 3.63) is 29.8 Å². The molecule has 0 aromatic heterocycles. The fourth-order valence-electron chi connectivity index (χ4n) is 6.44. The Morgan fingerprint density at radius 3 is 2.94 bits per heavy atom. The summed E-state index contributed by atoms with van der Waals surface area (Å²) < 4.78 is 0. The van der Waals surface area contributed by atoms with Crippen LogP contribution in [0.2, 0.25) is 0 Å². The molecule has 0 saturated carbocycles. The average molecular weight is 425 g/mol. The lowest BCUT2D eigenvalue weighted by Gasteiger charge is -2.52. The fourth-order valence-corrected chi connectivity index (χ4v) is 6.44. The SMILES string of the molecule is O=C(CN1CC2CC(C1)[C@H]1CCCC(=O)N1C2)NCCCN1CCCc2ccccc21. The fraction of sp³-hybridized carbons (Fsp3) is 0.680. The Morgan fingerprint density at radius 1 is 1.10 bits per heavy atom. The van der Waals surface area contributed by atoms with Crippen LogP contribution in [-0.4, -0.2) is 73.5 Å². The van der Waals surface area contributed by atoms with Crippen LogP contribution < -0.4 is 10.2 Å². The summed E-state index contributed by atoms with van der Waals surface area (Å²) in [7, 11) is 0. The van der Waals surface area contributed by atoms with Gasteiger partial charge in [0.05, 0.1) is 6.54 Å². The van der Waals surface area contributed by atoms with Crippen molar-refractivity contribution in [3.8, 4) is 0 Å². The summed E-state index contributed by atoms with van der Waals surface area (Å²) in [5, 5.41) is 3.15. The number of fused-ring (bicyclic) bond motifs is 5. The first-order valence-corrected chi connectivity index (χ1v) is 12.3. The van der Waals surface area contributed by atoms with Crippen molar-refractivity contribution in [2.45, 2.75) is 51.0 Å². The molecule has 0 radical (unpaired) electrons. The molecule has 1 aromatic carbocycles. The summed E-state index contributed by atoms with van der Waals surface area (Å²) in [4.78, 5) is 31.8. The molecule has 0 spiro atoms. The number of carbonyl (C=O) groups excluding carboxylic acids is 2. The van der Waals surface area contributed by atoms with Gasteiger partial charge in [0, 0.05) is 57.4 Å². The van der Waals surface area contributed by atoms with E-state index in [1.54, 1.807) is 0 Å². The summed E-state index contributed by atoms with van der Waals surface area (Å²) in [5.41, 5.74) is 2.82. The number of aryl methyl sites for hydroxylation is 1. The minimum atomic E-state index is 0.149. The number of benzene rings is 1. The number of likely N-dealkylation sites (tertiary alicyclic amines) is 1. The molecule has 2 bridgehead atoms.